The van der Waals surface area contributed by atoms with Gasteiger partial charge in [-0.05, 0) is 36.2 Å². The zero-order valence-electron chi connectivity index (χ0n) is 10.5. The van der Waals surface area contributed by atoms with Crippen LogP contribution in [0.25, 0.3) is 0 Å². The highest BCUT2D eigenvalue weighted by Crippen LogP contribution is 2.13. The fourth-order valence-electron chi connectivity index (χ4n) is 1.33. The van der Waals surface area contributed by atoms with Crippen LogP contribution in [0.2, 0.25) is 0 Å². The van der Waals surface area contributed by atoms with Crippen molar-refractivity contribution in [1.82, 2.24) is 10.7 Å². The van der Waals surface area contributed by atoms with Gasteiger partial charge in [0.1, 0.15) is 0 Å². The number of nitrogens with one attached hydrogen (secondary N) is 2. The highest BCUT2D eigenvalue weighted by atomic mass is 32.1. The Morgan fingerprint density at radius 1 is 1.35 bits per heavy atom. The van der Waals surface area contributed by atoms with Gasteiger partial charge in [0, 0.05) is 6.54 Å². The second kappa shape index (κ2) is 7.01. The summed E-state index contributed by atoms with van der Waals surface area (Å²) in [4.78, 5) is 0. The quantitative estimate of drug-likeness (QED) is 0.489. The van der Waals surface area contributed by atoms with Crippen LogP contribution >= 0.6 is 12.2 Å². The predicted molar refractivity (Wildman–Crippen MR) is 77.5 cm³/mol. The smallest absolute Gasteiger partial charge is 0.186 e. The van der Waals surface area contributed by atoms with Crippen molar-refractivity contribution < 1.29 is 0 Å². The van der Waals surface area contributed by atoms with E-state index in [1.807, 2.05) is 6.92 Å². The van der Waals surface area contributed by atoms with E-state index in [4.69, 9.17) is 12.2 Å². The number of hydrogen-bond donors (Lipinski definition) is 2. The Morgan fingerprint density at radius 2 is 2.00 bits per heavy atom. The molecule has 1 rings (SSSR count). The number of thiocarbonyl (C=S) groups is 1. The Labute approximate surface area is 108 Å². The maximum atomic E-state index is 4.99. The third-order valence-corrected chi connectivity index (χ3v) is 2.56. The number of rotatable bonds is 4. The maximum absolute atomic E-state index is 4.99. The lowest BCUT2D eigenvalue weighted by molar-refractivity contribution is 0.866. The molecule has 0 aliphatic heterocycles. The van der Waals surface area contributed by atoms with E-state index in [0.29, 0.717) is 11.0 Å². The van der Waals surface area contributed by atoms with Crippen molar-refractivity contribution in [2.45, 2.75) is 26.7 Å². The molecule has 1 aromatic rings. The van der Waals surface area contributed by atoms with E-state index in [1.54, 1.807) is 6.21 Å². The van der Waals surface area contributed by atoms with Gasteiger partial charge in [0.05, 0.1) is 6.21 Å². The third-order valence-electron chi connectivity index (χ3n) is 2.32. The number of hydrogen-bond acceptors (Lipinski definition) is 2. The summed E-state index contributed by atoms with van der Waals surface area (Å²) in [7, 11) is 0. The standard InChI is InChI=1S/C13H19N3S/c1-4-14-13(17)16-15-9-11-5-7-12(8-6-11)10(2)3/h5-10H,4H2,1-3H3,(H2,14,16,17)/b15-9-. The van der Waals surface area contributed by atoms with E-state index in [0.717, 1.165) is 12.1 Å². The van der Waals surface area contributed by atoms with Gasteiger partial charge in [-0.3, -0.25) is 5.43 Å². The molecule has 0 bridgehead atoms. The molecule has 3 nitrogen and oxygen atoms in total. The molecular weight excluding hydrogens is 230 g/mol. The highest BCUT2D eigenvalue weighted by molar-refractivity contribution is 7.80. The van der Waals surface area contributed by atoms with Crippen molar-refractivity contribution in [3.63, 3.8) is 0 Å². The van der Waals surface area contributed by atoms with Gasteiger partial charge in [-0.2, -0.15) is 5.10 Å². The first-order valence-electron chi connectivity index (χ1n) is 5.80. The highest BCUT2D eigenvalue weighted by Gasteiger charge is 1.97. The van der Waals surface area contributed by atoms with E-state index in [2.05, 4.69) is 54.0 Å². The topological polar surface area (TPSA) is 36.4 Å². The molecule has 0 saturated carbocycles. The van der Waals surface area contributed by atoms with Gasteiger partial charge < -0.3 is 5.32 Å². The summed E-state index contributed by atoms with van der Waals surface area (Å²) in [5.41, 5.74) is 5.15. The summed E-state index contributed by atoms with van der Waals surface area (Å²) in [6.45, 7) is 7.14. The minimum absolute atomic E-state index is 0.544. The number of nitrogens with zero attached hydrogens (tertiary/aromatic N) is 1. The Hall–Kier alpha value is -1.42. The lowest BCUT2D eigenvalue weighted by atomic mass is 10.0. The Kier molecular flexibility index (Phi) is 5.63. The molecular formula is C13H19N3S. The van der Waals surface area contributed by atoms with E-state index < -0.39 is 0 Å². The van der Waals surface area contributed by atoms with E-state index >= 15 is 0 Å². The molecule has 0 radical (unpaired) electrons. The molecule has 1 aromatic carbocycles. The third kappa shape index (κ3) is 4.95. The summed E-state index contributed by atoms with van der Waals surface area (Å²) >= 11 is 4.99. The molecule has 0 unspecified atom stereocenters. The first-order valence-corrected chi connectivity index (χ1v) is 6.21. The summed E-state index contributed by atoms with van der Waals surface area (Å²) in [6.07, 6.45) is 1.76. The zero-order valence-corrected chi connectivity index (χ0v) is 11.3. The monoisotopic (exact) mass is 249 g/mol. The molecule has 0 aliphatic carbocycles. The van der Waals surface area contributed by atoms with Gasteiger partial charge in [0.15, 0.2) is 5.11 Å². The lowest BCUT2D eigenvalue weighted by Gasteiger charge is -2.05. The predicted octanol–water partition coefficient (Wildman–Crippen LogP) is 2.63. The van der Waals surface area contributed by atoms with Crippen LogP contribution in [-0.2, 0) is 0 Å². The van der Waals surface area contributed by atoms with Crippen molar-refractivity contribution in [3.8, 4) is 0 Å². The minimum Gasteiger partial charge on any atom is -0.362 e. The SMILES string of the molecule is CCNC(=S)N/N=C\c1ccc(C(C)C)cc1. The van der Waals surface area contributed by atoms with Crippen LogP contribution in [0.15, 0.2) is 29.4 Å². The van der Waals surface area contributed by atoms with Crippen LogP contribution in [0, 0.1) is 0 Å². The Morgan fingerprint density at radius 3 is 2.53 bits per heavy atom. The second-order valence-electron chi connectivity index (χ2n) is 4.05. The van der Waals surface area contributed by atoms with Crippen LogP contribution < -0.4 is 10.7 Å². The largest absolute Gasteiger partial charge is 0.362 e. The van der Waals surface area contributed by atoms with Gasteiger partial charge >= 0.3 is 0 Å². The molecule has 0 spiro atoms. The fraction of sp³-hybridized carbons (Fsp3) is 0.385. The molecule has 0 atom stereocenters. The first-order chi connectivity index (χ1) is 8.13. The molecule has 0 aromatic heterocycles. The van der Waals surface area contributed by atoms with E-state index in [-0.39, 0.29) is 0 Å². The van der Waals surface area contributed by atoms with Crippen LogP contribution in [-0.4, -0.2) is 17.9 Å². The molecule has 4 heteroatoms. The van der Waals surface area contributed by atoms with Crippen LogP contribution in [0.5, 0.6) is 0 Å². The van der Waals surface area contributed by atoms with Crippen LogP contribution in [0.3, 0.4) is 0 Å². The second-order valence-corrected chi connectivity index (χ2v) is 4.46. The Balaban J connectivity index is 2.51. The average Bonchev–Trinajstić information content (AvgIpc) is 2.30. The molecule has 17 heavy (non-hydrogen) atoms. The Bertz CT molecular complexity index is 382. The fourth-order valence-corrected chi connectivity index (χ4v) is 1.53. The zero-order chi connectivity index (χ0) is 12.7. The molecule has 0 aliphatic rings. The van der Waals surface area contributed by atoms with Gasteiger partial charge in [0.25, 0.3) is 0 Å². The van der Waals surface area contributed by atoms with Crippen LogP contribution in [0.4, 0.5) is 0 Å². The number of hydrazone groups is 1. The first kappa shape index (κ1) is 13.6. The van der Waals surface area contributed by atoms with Gasteiger partial charge in [-0.1, -0.05) is 38.1 Å². The van der Waals surface area contributed by atoms with Gasteiger partial charge in [-0.25, -0.2) is 0 Å². The summed E-state index contributed by atoms with van der Waals surface area (Å²) < 4.78 is 0. The molecule has 92 valence electrons. The van der Waals surface area contributed by atoms with Crippen molar-refractivity contribution in [2.24, 2.45) is 5.10 Å². The van der Waals surface area contributed by atoms with Gasteiger partial charge in [-0.15, -0.1) is 0 Å². The lowest BCUT2D eigenvalue weighted by Crippen LogP contribution is -2.31. The van der Waals surface area contributed by atoms with Crippen LogP contribution in [0.1, 0.15) is 37.8 Å². The normalized spacial score (nSPS) is 10.8. The molecule has 0 fully saturated rings. The summed E-state index contributed by atoms with van der Waals surface area (Å²) in [5.74, 6) is 0.556. The van der Waals surface area contributed by atoms with Crippen molar-refractivity contribution in [3.05, 3.63) is 35.4 Å². The van der Waals surface area contributed by atoms with E-state index in [9.17, 15) is 0 Å². The van der Waals surface area contributed by atoms with E-state index in [1.165, 1.54) is 5.56 Å². The maximum Gasteiger partial charge on any atom is 0.186 e. The summed E-state index contributed by atoms with van der Waals surface area (Å²) in [5, 5.41) is 7.56. The average molecular weight is 249 g/mol. The minimum atomic E-state index is 0.544. The molecule has 2 N–H and O–H groups in total. The van der Waals surface area contributed by atoms with Crippen molar-refractivity contribution in [2.75, 3.05) is 6.54 Å². The van der Waals surface area contributed by atoms with Crippen molar-refractivity contribution in [1.29, 1.82) is 0 Å². The molecule has 0 heterocycles. The molecule has 0 amide bonds. The molecule has 0 saturated heterocycles. The number of benzene rings is 1. The van der Waals surface area contributed by atoms with Gasteiger partial charge in [0.2, 0.25) is 0 Å². The summed E-state index contributed by atoms with van der Waals surface area (Å²) in [6, 6.07) is 8.34. The van der Waals surface area contributed by atoms with Crippen molar-refractivity contribution >= 4 is 23.5 Å².